The minimum atomic E-state index is -3.83. The highest BCUT2D eigenvalue weighted by atomic mass is 32.2. The first kappa shape index (κ1) is 22.1. The molecule has 0 saturated heterocycles. The molecule has 1 aromatic heterocycles. The lowest BCUT2D eigenvalue weighted by molar-refractivity contribution is -0.123. The Balaban J connectivity index is 1.60. The van der Waals surface area contributed by atoms with E-state index in [-0.39, 0.29) is 22.1 Å². The van der Waals surface area contributed by atoms with Crippen molar-refractivity contribution >= 4 is 38.9 Å². The maximum atomic E-state index is 12.5. The van der Waals surface area contributed by atoms with Gasteiger partial charge in [-0.2, -0.15) is 0 Å². The molecule has 0 aliphatic rings. The summed E-state index contributed by atoms with van der Waals surface area (Å²) in [5.41, 5.74) is 4.58. The number of carbonyl (C=O) groups excluding carboxylic acids is 2. The van der Waals surface area contributed by atoms with Gasteiger partial charge >= 0.3 is 0 Å². The van der Waals surface area contributed by atoms with Gasteiger partial charge in [-0.25, -0.2) is 8.42 Å². The Labute approximate surface area is 183 Å². The van der Waals surface area contributed by atoms with Gasteiger partial charge in [0.15, 0.2) is 18.1 Å². The zero-order valence-electron chi connectivity index (χ0n) is 16.3. The maximum Gasteiger partial charge on any atom is 0.276 e. The van der Waals surface area contributed by atoms with E-state index < -0.39 is 21.8 Å². The second-order valence-electron chi connectivity index (χ2n) is 6.03. The summed E-state index contributed by atoms with van der Waals surface area (Å²) in [4.78, 5) is 24.5. The first-order valence-corrected chi connectivity index (χ1v) is 11.3. The quantitative estimate of drug-likeness (QED) is 0.443. The van der Waals surface area contributed by atoms with E-state index >= 15 is 0 Å². The van der Waals surface area contributed by atoms with Crippen LogP contribution in [-0.2, 0) is 14.8 Å². The van der Waals surface area contributed by atoms with Crippen LogP contribution in [0.3, 0.4) is 0 Å². The summed E-state index contributed by atoms with van der Waals surface area (Å²) in [5, 5.41) is 1.63. The summed E-state index contributed by atoms with van der Waals surface area (Å²) in [5.74, 6) is -0.475. The molecule has 162 valence electrons. The molecule has 0 radical (unpaired) electrons. The van der Waals surface area contributed by atoms with Crippen LogP contribution in [0.15, 0.2) is 70.3 Å². The molecule has 3 N–H and O–H groups in total. The molecule has 0 bridgehead atoms. The second-order valence-corrected chi connectivity index (χ2v) is 8.88. The molecule has 1 heterocycles. The molecule has 0 unspecified atom stereocenters. The number of thiophene rings is 1. The van der Waals surface area contributed by atoms with E-state index in [1.807, 2.05) is 0 Å². The molecule has 0 aliphatic carbocycles. The second kappa shape index (κ2) is 9.96. The van der Waals surface area contributed by atoms with Gasteiger partial charge in [0, 0.05) is 0 Å². The van der Waals surface area contributed by atoms with Gasteiger partial charge < -0.3 is 9.47 Å². The fourth-order valence-electron chi connectivity index (χ4n) is 2.49. The van der Waals surface area contributed by atoms with Gasteiger partial charge in [0.2, 0.25) is 0 Å². The minimum absolute atomic E-state index is 0.0357. The highest BCUT2D eigenvalue weighted by Gasteiger charge is 2.19. The Kier molecular flexibility index (Phi) is 7.11. The molecule has 0 saturated carbocycles. The van der Waals surface area contributed by atoms with Crippen molar-refractivity contribution in [2.45, 2.75) is 4.21 Å². The number of anilines is 1. The van der Waals surface area contributed by atoms with Crippen LogP contribution in [0.5, 0.6) is 11.5 Å². The summed E-state index contributed by atoms with van der Waals surface area (Å²) in [6.45, 7) is -0.368. The molecule has 0 fully saturated rings. The molecule has 0 atom stereocenters. The van der Waals surface area contributed by atoms with E-state index in [1.165, 1.54) is 25.3 Å². The van der Waals surface area contributed by atoms with Crippen LogP contribution >= 0.6 is 11.3 Å². The Morgan fingerprint density at radius 1 is 0.935 bits per heavy atom. The van der Waals surface area contributed by atoms with Crippen LogP contribution in [0.1, 0.15) is 10.4 Å². The van der Waals surface area contributed by atoms with E-state index in [0.717, 1.165) is 11.3 Å². The van der Waals surface area contributed by atoms with E-state index in [4.69, 9.17) is 9.47 Å². The third-order valence-electron chi connectivity index (χ3n) is 3.92. The van der Waals surface area contributed by atoms with Crippen molar-refractivity contribution in [1.82, 2.24) is 10.9 Å². The summed E-state index contributed by atoms with van der Waals surface area (Å²) in [7, 11) is -2.36. The summed E-state index contributed by atoms with van der Waals surface area (Å²) >= 11 is 1.05. The maximum absolute atomic E-state index is 12.5. The number of sulfonamides is 1. The number of benzene rings is 2. The molecule has 31 heavy (non-hydrogen) atoms. The number of ether oxygens (including phenoxy) is 2. The van der Waals surface area contributed by atoms with Gasteiger partial charge in [0.25, 0.3) is 21.8 Å². The smallest absolute Gasteiger partial charge is 0.276 e. The van der Waals surface area contributed by atoms with Crippen LogP contribution < -0.4 is 25.0 Å². The van der Waals surface area contributed by atoms with Gasteiger partial charge in [-0.1, -0.05) is 30.3 Å². The first-order valence-electron chi connectivity index (χ1n) is 8.91. The van der Waals surface area contributed by atoms with Gasteiger partial charge in [-0.15, -0.1) is 11.3 Å². The lowest BCUT2D eigenvalue weighted by Gasteiger charge is -2.13. The number of amides is 2. The Bertz CT molecular complexity index is 1160. The topological polar surface area (TPSA) is 123 Å². The van der Waals surface area contributed by atoms with E-state index in [9.17, 15) is 18.0 Å². The van der Waals surface area contributed by atoms with Crippen molar-refractivity contribution in [2.24, 2.45) is 0 Å². The zero-order valence-corrected chi connectivity index (χ0v) is 18.0. The van der Waals surface area contributed by atoms with E-state index in [2.05, 4.69) is 15.6 Å². The van der Waals surface area contributed by atoms with Crippen molar-refractivity contribution in [3.05, 3.63) is 71.6 Å². The predicted molar refractivity (Wildman–Crippen MR) is 116 cm³/mol. The third kappa shape index (κ3) is 5.74. The standard InChI is InChI=1S/C20H19N3O6S2/c1-28-16-9-4-5-10-17(16)29-13-18(24)21-22-20(25)14-7-2-3-8-15(14)23-31(26,27)19-11-6-12-30-19/h2-12,23H,13H2,1H3,(H,21,24)(H,22,25). The predicted octanol–water partition coefficient (Wildman–Crippen LogP) is 2.40. The van der Waals surface area contributed by atoms with Crippen LogP contribution in [-0.4, -0.2) is 33.9 Å². The fourth-order valence-corrected chi connectivity index (χ4v) is 4.57. The molecular formula is C20H19N3O6S2. The fraction of sp³-hybridized carbons (Fsp3) is 0.100. The van der Waals surface area contributed by atoms with Crippen LogP contribution in [0.25, 0.3) is 0 Å². The van der Waals surface area contributed by atoms with Crippen molar-refractivity contribution in [2.75, 3.05) is 18.4 Å². The van der Waals surface area contributed by atoms with Crippen LogP contribution in [0.4, 0.5) is 5.69 Å². The van der Waals surface area contributed by atoms with E-state index in [1.54, 1.807) is 47.8 Å². The largest absolute Gasteiger partial charge is 0.493 e. The normalized spacial score (nSPS) is 10.7. The van der Waals surface area contributed by atoms with Crippen LogP contribution in [0.2, 0.25) is 0 Å². The first-order chi connectivity index (χ1) is 14.9. The monoisotopic (exact) mass is 461 g/mol. The molecule has 2 amide bonds. The lowest BCUT2D eigenvalue weighted by atomic mass is 10.2. The molecule has 0 aliphatic heterocycles. The van der Waals surface area contributed by atoms with Crippen molar-refractivity contribution in [1.29, 1.82) is 0 Å². The zero-order chi connectivity index (χ0) is 22.3. The molecule has 11 heteroatoms. The Morgan fingerprint density at radius 2 is 1.65 bits per heavy atom. The minimum Gasteiger partial charge on any atom is -0.493 e. The molecule has 3 rings (SSSR count). The van der Waals surface area contributed by atoms with E-state index in [0.29, 0.717) is 11.5 Å². The van der Waals surface area contributed by atoms with Gasteiger partial charge in [0.05, 0.1) is 18.4 Å². The van der Waals surface area contributed by atoms with Gasteiger partial charge in [-0.3, -0.25) is 25.2 Å². The number of hydrogen-bond donors (Lipinski definition) is 3. The highest BCUT2D eigenvalue weighted by molar-refractivity contribution is 7.94. The number of carbonyl (C=O) groups is 2. The summed E-state index contributed by atoms with van der Waals surface area (Å²) in [6, 6.07) is 15.9. The lowest BCUT2D eigenvalue weighted by Crippen LogP contribution is -2.44. The Hall–Kier alpha value is -3.57. The Morgan fingerprint density at radius 3 is 2.35 bits per heavy atom. The van der Waals surface area contributed by atoms with Crippen molar-refractivity contribution < 1.29 is 27.5 Å². The van der Waals surface area contributed by atoms with Crippen molar-refractivity contribution in [3.8, 4) is 11.5 Å². The molecule has 9 nitrogen and oxygen atoms in total. The molecule has 0 spiro atoms. The average molecular weight is 462 g/mol. The number of nitrogens with one attached hydrogen (secondary N) is 3. The number of methoxy groups -OCH3 is 1. The average Bonchev–Trinajstić information content (AvgIpc) is 3.32. The molecular weight excluding hydrogens is 442 g/mol. The number of rotatable bonds is 8. The number of hydrazine groups is 1. The van der Waals surface area contributed by atoms with Crippen LogP contribution in [0, 0.1) is 0 Å². The molecule has 3 aromatic rings. The van der Waals surface area contributed by atoms with Gasteiger partial charge in [-0.05, 0) is 35.7 Å². The SMILES string of the molecule is COc1ccccc1OCC(=O)NNC(=O)c1ccccc1NS(=O)(=O)c1cccs1. The van der Waals surface area contributed by atoms with Crippen molar-refractivity contribution in [3.63, 3.8) is 0 Å². The highest BCUT2D eigenvalue weighted by Crippen LogP contribution is 2.25. The number of para-hydroxylation sites is 3. The summed E-state index contributed by atoms with van der Waals surface area (Å²) < 4.78 is 37.9. The summed E-state index contributed by atoms with van der Waals surface area (Å²) in [6.07, 6.45) is 0. The van der Waals surface area contributed by atoms with Gasteiger partial charge in [0.1, 0.15) is 4.21 Å². The molecule has 2 aromatic carbocycles. The third-order valence-corrected chi connectivity index (χ3v) is 6.68. The number of hydrogen-bond acceptors (Lipinski definition) is 7.